The molecule has 0 aliphatic carbocycles. The number of carbonyl (C=O) groups excluding carboxylic acids is 1. The lowest BCUT2D eigenvalue weighted by atomic mass is 10.1. The molecular weight excluding hydrogens is 338 g/mol. The molecule has 2 aromatic rings. The minimum atomic E-state index is -0.575. The Morgan fingerprint density at radius 3 is 2.64 bits per heavy atom. The first kappa shape index (κ1) is 19.1. The third kappa shape index (κ3) is 5.40. The van der Waals surface area contributed by atoms with Gasteiger partial charge in [-0.25, -0.2) is 0 Å². The third-order valence-corrected chi connectivity index (χ3v) is 4.45. The zero-order valence-corrected chi connectivity index (χ0v) is 15.8. The molecule has 1 N–H and O–H groups in total. The van der Waals surface area contributed by atoms with E-state index in [0.717, 1.165) is 22.4 Å². The van der Waals surface area contributed by atoms with E-state index in [-0.39, 0.29) is 5.91 Å². The number of aryl methyl sites for hydroxylation is 2. The summed E-state index contributed by atoms with van der Waals surface area (Å²) in [6.45, 7) is 8.42. The Balaban J connectivity index is 1.77. The largest absolute Gasteiger partial charge is 0.492 e. The van der Waals surface area contributed by atoms with E-state index in [1.54, 1.807) is 13.0 Å². The Morgan fingerprint density at radius 1 is 1.16 bits per heavy atom. The second-order valence-corrected chi connectivity index (χ2v) is 6.42. The maximum absolute atomic E-state index is 12.1. The minimum absolute atomic E-state index is 0.175. The second-order valence-electron chi connectivity index (χ2n) is 6.01. The van der Waals surface area contributed by atoms with Crippen LogP contribution >= 0.6 is 11.6 Å². The van der Waals surface area contributed by atoms with Crippen molar-refractivity contribution in [3.63, 3.8) is 0 Å². The first-order valence-electron chi connectivity index (χ1n) is 8.28. The van der Waals surface area contributed by atoms with Gasteiger partial charge in [-0.2, -0.15) is 0 Å². The van der Waals surface area contributed by atoms with Crippen LogP contribution in [0.15, 0.2) is 36.4 Å². The molecule has 0 aliphatic rings. The summed E-state index contributed by atoms with van der Waals surface area (Å²) in [5.41, 5.74) is 3.18. The van der Waals surface area contributed by atoms with Gasteiger partial charge in [0.15, 0.2) is 6.10 Å². The lowest BCUT2D eigenvalue weighted by Crippen LogP contribution is -2.38. The van der Waals surface area contributed by atoms with Crippen LogP contribution in [0.2, 0.25) is 5.02 Å². The van der Waals surface area contributed by atoms with Crippen LogP contribution < -0.4 is 14.8 Å². The summed E-state index contributed by atoms with van der Waals surface area (Å²) in [6.07, 6.45) is -0.575. The van der Waals surface area contributed by atoms with Crippen molar-refractivity contribution in [2.24, 2.45) is 0 Å². The number of hydrogen-bond acceptors (Lipinski definition) is 3. The second kappa shape index (κ2) is 8.77. The van der Waals surface area contributed by atoms with Crippen LogP contribution in [0.4, 0.5) is 0 Å². The molecule has 0 aromatic heterocycles. The lowest BCUT2D eigenvalue weighted by Gasteiger charge is -2.17. The molecular formula is C20H24ClNO3. The van der Waals surface area contributed by atoms with Crippen molar-refractivity contribution in [1.82, 2.24) is 5.32 Å². The van der Waals surface area contributed by atoms with Gasteiger partial charge in [-0.3, -0.25) is 4.79 Å². The maximum Gasteiger partial charge on any atom is 0.260 e. The Labute approximate surface area is 154 Å². The normalized spacial score (nSPS) is 11.7. The van der Waals surface area contributed by atoms with Crippen molar-refractivity contribution in [1.29, 1.82) is 0 Å². The highest BCUT2D eigenvalue weighted by molar-refractivity contribution is 6.31. The molecule has 0 saturated carbocycles. The van der Waals surface area contributed by atoms with Crippen LogP contribution in [-0.4, -0.2) is 25.2 Å². The molecule has 0 fully saturated rings. The minimum Gasteiger partial charge on any atom is -0.492 e. The molecule has 0 aliphatic heterocycles. The van der Waals surface area contributed by atoms with Gasteiger partial charge >= 0.3 is 0 Å². The van der Waals surface area contributed by atoms with E-state index in [0.29, 0.717) is 23.9 Å². The number of nitrogens with one attached hydrogen (secondary N) is 1. The van der Waals surface area contributed by atoms with Gasteiger partial charge in [0, 0.05) is 5.02 Å². The fraction of sp³-hybridized carbons (Fsp3) is 0.350. The predicted octanol–water partition coefficient (Wildman–Crippen LogP) is 4.23. The number of benzene rings is 2. The van der Waals surface area contributed by atoms with Gasteiger partial charge in [0.05, 0.1) is 6.54 Å². The molecule has 2 aromatic carbocycles. The van der Waals surface area contributed by atoms with E-state index in [1.165, 1.54) is 0 Å². The lowest BCUT2D eigenvalue weighted by molar-refractivity contribution is -0.127. The monoisotopic (exact) mass is 361 g/mol. The molecule has 0 heterocycles. The van der Waals surface area contributed by atoms with Gasteiger partial charge in [0.1, 0.15) is 18.1 Å². The van der Waals surface area contributed by atoms with Crippen LogP contribution in [0, 0.1) is 20.8 Å². The Kier molecular flexibility index (Phi) is 6.71. The molecule has 0 saturated heterocycles. The summed E-state index contributed by atoms with van der Waals surface area (Å²) in [5, 5.41) is 3.48. The molecule has 0 radical (unpaired) electrons. The van der Waals surface area contributed by atoms with Crippen molar-refractivity contribution in [3.8, 4) is 11.5 Å². The van der Waals surface area contributed by atoms with Crippen molar-refractivity contribution in [2.75, 3.05) is 13.2 Å². The highest BCUT2D eigenvalue weighted by Crippen LogP contribution is 2.22. The van der Waals surface area contributed by atoms with E-state index >= 15 is 0 Å². The predicted molar refractivity (Wildman–Crippen MR) is 101 cm³/mol. The van der Waals surface area contributed by atoms with E-state index in [2.05, 4.69) is 5.32 Å². The van der Waals surface area contributed by atoms with Crippen LogP contribution in [0.3, 0.4) is 0 Å². The van der Waals surface area contributed by atoms with Crippen LogP contribution in [0.25, 0.3) is 0 Å². The van der Waals surface area contributed by atoms with Gasteiger partial charge in [0.2, 0.25) is 0 Å². The summed E-state index contributed by atoms with van der Waals surface area (Å²) in [5.74, 6) is 1.24. The van der Waals surface area contributed by atoms with Crippen molar-refractivity contribution in [3.05, 3.63) is 58.1 Å². The van der Waals surface area contributed by atoms with Gasteiger partial charge < -0.3 is 14.8 Å². The third-order valence-electron chi connectivity index (χ3n) is 4.04. The fourth-order valence-electron chi connectivity index (χ4n) is 2.25. The summed E-state index contributed by atoms with van der Waals surface area (Å²) in [7, 11) is 0. The first-order chi connectivity index (χ1) is 11.9. The number of rotatable bonds is 7. The van der Waals surface area contributed by atoms with Crippen LogP contribution in [0.5, 0.6) is 11.5 Å². The molecule has 1 amide bonds. The average Bonchev–Trinajstić information content (AvgIpc) is 2.58. The van der Waals surface area contributed by atoms with Gasteiger partial charge in [-0.15, -0.1) is 0 Å². The van der Waals surface area contributed by atoms with E-state index < -0.39 is 6.10 Å². The zero-order chi connectivity index (χ0) is 18.4. The number of carbonyl (C=O) groups is 1. The highest BCUT2D eigenvalue weighted by atomic mass is 35.5. The summed E-state index contributed by atoms with van der Waals surface area (Å²) in [4.78, 5) is 12.1. The molecule has 0 spiro atoms. The molecule has 25 heavy (non-hydrogen) atoms. The Hall–Kier alpha value is -2.20. The van der Waals surface area contributed by atoms with Gasteiger partial charge in [-0.1, -0.05) is 29.8 Å². The van der Waals surface area contributed by atoms with E-state index in [9.17, 15) is 4.79 Å². The number of amides is 1. The summed E-state index contributed by atoms with van der Waals surface area (Å²) < 4.78 is 11.3. The zero-order valence-electron chi connectivity index (χ0n) is 15.1. The van der Waals surface area contributed by atoms with Crippen LogP contribution in [0.1, 0.15) is 23.6 Å². The van der Waals surface area contributed by atoms with E-state index in [1.807, 2.05) is 51.1 Å². The molecule has 0 bridgehead atoms. The van der Waals surface area contributed by atoms with E-state index in [4.69, 9.17) is 21.1 Å². The fourth-order valence-corrected chi connectivity index (χ4v) is 2.42. The SMILES string of the molecule is Cc1ccc(OCCNC(=O)C(C)Oc2cccc(C)c2C)cc1Cl. The number of hydrogen-bond donors (Lipinski definition) is 1. The maximum atomic E-state index is 12.1. The number of halogens is 1. The van der Waals surface area contributed by atoms with Crippen molar-refractivity contribution >= 4 is 17.5 Å². The molecule has 2 rings (SSSR count). The standard InChI is InChI=1S/C20H24ClNO3/c1-13-6-5-7-19(15(13)3)25-16(4)20(23)22-10-11-24-17-9-8-14(2)18(21)12-17/h5-9,12,16H,10-11H2,1-4H3,(H,22,23). The molecule has 4 nitrogen and oxygen atoms in total. The van der Waals surface area contributed by atoms with Crippen LogP contribution in [-0.2, 0) is 4.79 Å². The molecule has 1 unspecified atom stereocenters. The summed E-state index contributed by atoms with van der Waals surface area (Å²) in [6, 6.07) is 11.3. The smallest absolute Gasteiger partial charge is 0.260 e. The van der Waals surface area contributed by atoms with Gasteiger partial charge in [-0.05, 0) is 62.6 Å². The van der Waals surface area contributed by atoms with Crippen molar-refractivity contribution < 1.29 is 14.3 Å². The topological polar surface area (TPSA) is 47.6 Å². The first-order valence-corrected chi connectivity index (χ1v) is 8.66. The quantitative estimate of drug-likeness (QED) is 0.751. The highest BCUT2D eigenvalue weighted by Gasteiger charge is 2.15. The Bertz CT molecular complexity index is 746. The molecule has 5 heteroatoms. The van der Waals surface area contributed by atoms with Gasteiger partial charge in [0.25, 0.3) is 5.91 Å². The molecule has 1 atom stereocenters. The Morgan fingerprint density at radius 2 is 1.92 bits per heavy atom. The number of ether oxygens (including phenoxy) is 2. The average molecular weight is 362 g/mol. The van der Waals surface area contributed by atoms with Crippen molar-refractivity contribution in [2.45, 2.75) is 33.8 Å². The molecule has 134 valence electrons. The summed E-state index contributed by atoms with van der Waals surface area (Å²) >= 11 is 6.05.